The van der Waals surface area contributed by atoms with Crippen LogP contribution < -0.4 is 5.32 Å². The first-order chi connectivity index (χ1) is 7.59. The van der Waals surface area contributed by atoms with Crippen LogP contribution in [0, 0.1) is 0 Å². The number of hydrogen-bond acceptors (Lipinski definition) is 2. The van der Waals surface area contributed by atoms with E-state index in [2.05, 4.69) is 5.32 Å². The maximum absolute atomic E-state index is 11.4. The molecule has 0 radical (unpaired) electrons. The van der Waals surface area contributed by atoms with Crippen molar-refractivity contribution in [3.8, 4) is 0 Å². The topological polar surface area (TPSA) is 49.3 Å². The highest BCUT2D eigenvalue weighted by molar-refractivity contribution is 6.31. The van der Waals surface area contributed by atoms with Gasteiger partial charge < -0.3 is 10.4 Å². The van der Waals surface area contributed by atoms with Gasteiger partial charge in [-0.3, -0.25) is 4.79 Å². The largest absolute Gasteiger partial charge is 0.384 e. The van der Waals surface area contributed by atoms with Crippen molar-refractivity contribution in [3.05, 3.63) is 34.3 Å². The van der Waals surface area contributed by atoms with Crippen LogP contribution >= 0.6 is 11.6 Å². The van der Waals surface area contributed by atoms with Crippen LogP contribution in [0.25, 0.3) is 0 Å². The Bertz CT molecular complexity index is 417. The standard InChI is InChI=1S/C12H14ClNO2/c1-7(15)12(16)14-11-6-5-8-9(11)3-2-4-10(8)13/h2-4,7,11,15H,5-6H2,1H3,(H,14,16). The summed E-state index contributed by atoms with van der Waals surface area (Å²) in [5.41, 5.74) is 2.18. The van der Waals surface area contributed by atoms with Crippen molar-refractivity contribution in [1.82, 2.24) is 5.32 Å². The van der Waals surface area contributed by atoms with Gasteiger partial charge in [-0.15, -0.1) is 0 Å². The summed E-state index contributed by atoms with van der Waals surface area (Å²) in [7, 11) is 0. The summed E-state index contributed by atoms with van der Waals surface area (Å²) in [5, 5.41) is 12.7. The Morgan fingerprint density at radius 3 is 3.06 bits per heavy atom. The lowest BCUT2D eigenvalue weighted by molar-refractivity contribution is -0.129. The van der Waals surface area contributed by atoms with Crippen LogP contribution in [0.2, 0.25) is 5.02 Å². The predicted octanol–water partition coefficient (Wildman–Crippen LogP) is 1.82. The molecule has 3 nitrogen and oxygen atoms in total. The first-order valence-electron chi connectivity index (χ1n) is 5.35. The zero-order chi connectivity index (χ0) is 11.7. The molecular weight excluding hydrogens is 226 g/mol. The van der Waals surface area contributed by atoms with Crippen LogP contribution in [0.3, 0.4) is 0 Å². The lowest BCUT2D eigenvalue weighted by atomic mass is 10.1. The summed E-state index contributed by atoms with van der Waals surface area (Å²) in [6.07, 6.45) is 0.750. The van der Waals surface area contributed by atoms with E-state index in [0.717, 1.165) is 29.0 Å². The maximum atomic E-state index is 11.4. The normalized spacial score (nSPS) is 20.3. The number of nitrogens with one attached hydrogen (secondary N) is 1. The number of aliphatic hydroxyl groups excluding tert-OH is 1. The molecular formula is C12H14ClNO2. The third kappa shape index (κ3) is 2.06. The summed E-state index contributed by atoms with van der Waals surface area (Å²) in [5.74, 6) is -0.335. The van der Waals surface area contributed by atoms with Gasteiger partial charge in [0.15, 0.2) is 0 Å². The third-order valence-electron chi connectivity index (χ3n) is 2.91. The van der Waals surface area contributed by atoms with Gasteiger partial charge in [0.25, 0.3) is 0 Å². The molecule has 86 valence electrons. The number of fused-ring (bicyclic) bond motifs is 1. The van der Waals surface area contributed by atoms with Crippen molar-refractivity contribution >= 4 is 17.5 Å². The van der Waals surface area contributed by atoms with Crippen LogP contribution in [0.5, 0.6) is 0 Å². The van der Waals surface area contributed by atoms with Crippen molar-refractivity contribution in [2.45, 2.75) is 31.9 Å². The van der Waals surface area contributed by atoms with Crippen LogP contribution in [-0.4, -0.2) is 17.1 Å². The number of halogens is 1. The van der Waals surface area contributed by atoms with Gasteiger partial charge in [0.2, 0.25) is 5.91 Å². The Labute approximate surface area is 99.4 Å². The van der Waals surface area contributed by atoms with Gasteiger partial charge in [-0.2, -0.15) is 0 Å². The fraction of sp³-hybridized carbons (Fsp3) is 0.417. The Morgan fingerprint density at radius 1 is 1.62 bits per heavy atom. The van der Waals surface area contributed by atoms with Gasteiger partial charge in [-0.05, 0) is 37.0 Å². The molecule has 0 saturated heterocycles. The molecule has 0 heterocycles. The van der Waals surface area contributed by atoms with E-state index in [0.29, 0.717) is 0 Å². The smallest absolute Gasteiger partial charge is 0.249 e. The monoisotopic (exact) mass is 239 g/mol. The molecule has 2 unspecified atom stereocenters. The molecule has 1 aliphatic carbocycles. The number of hydrogen-bond donors (Lipinski definition) is 2. The summed E-state index contributed by atoms with van der Waals surface area (Å²) < 4.78 is 0. The molecule has 2 N–H and O–H groups in total. The Morgan fingerprint density at radius 2 is 2.38 bits per heavy atom. The van der Waals surface area contributed by atoms with Gasteiger partial charge in [-0.1, -0.05) is 23.7 Å². The lowest BCUT2D eigenvalue weighted by Crippen LogP contribution is -2.34. The minimum Gasteiger partial charge on any atom is -0.384 e. The van der Waals surface area contributed by atoms with Crippen molar-refractivity contribution in [2.24, 2.45) is 0 Å². The van der Waals surface area contributed by atoms with Gasteiger partial charge in [0.05, 0.1) is 6.04 Å². The second-order valence-corrected chi connectivity index (χ2v) is 4.49. The van der Waals surface area contributed by atoms with Crippen LogP contribution in [0.15, 0.2) is 18.2 Å². The summed E-state index contributed by atoms with van der Waals surface area (Å²) in [6, 6.07) is 5.70. The average molecular weight is 240 g/mol. The van der Waals surface area contributed by atoms with Crippen LogP contribution in [0.1, 0.15) is 30.5 Å². The third-order valence-corrected chi connectivity index (χ3v) is 3.26. The molecule has 2 atom stereocenters. The fourth-order valence-corrected chi connectivity index (χ4v) is 2.33. The average Bonchev–Trinajstić information content (AvgIpc) is 2.63. The highest BCUT2D eigenvalue weighted by atomic mass is 35.5. The van der Waals surface area contributed by atoms with Gasteiger partial charge in [0.1, 0.15) is 6.10 Å². The quantitative estimate of drug-likeness (QED) is 0.827. The van der Waals surface area contributed by atoms with Gasteiger partial charge in [-0.25, -0.2) is 0 Å². The highest BCUT2D eigenvalue weighted by Gasteiger charge is 2.26. The summed E-state index contributed by atoms with van der Waals surface area (Å²) >= 11 is 6.07. The molecule has 1 aromatic rings. The van der Waals surface area contributed by atoms with E-state index in [1.54, 1.807) is 0 Å². The van der Waals surface area contributed by atoms with Crippen molar-refractivity contribution in [1.29, 1.82) is 0 Å². The van der Waals surface area contributed by atoms with E-state index >= 15 is 0 Å². The van der Waals surface area contributed by atoms with Gasteiger partial charge >= 0.3 is 0 Å². The van der Waals surface area contributed by atoms with E-state index in [4.69, 9.17) is 16.7 Å². The summed E-state index contributed by atoms with van der Waals surface area (Å²) in [6.45, 7) is 1.46. The zero-order valence-electron chi connectivity index (χ0n) is 9.03. The predicted molar refractivity (Wildman–Crippen MR) is 62.3 cm³/mol. The second kappa shape index (κ2) is 4.44. The highest BCUT2D eigenvalue weighted by Crippen LogP contribution is 2.35. The number of rotatable bonds is 2. The lowest BCUT2D eigenvalue weighted by Gasteiger charge is -2.15. The number of benzene rings is 1. The molecule has 0 aliphatic heterocycles. The molecule has 0 aromatic heterocycles. The SMILES string of the molecule is CC(O)C(=O)NC1CCc2c(Cl)cccc21. The first-order valence-corrected chi connectivity index (χ1v) is 5.73. The molecule has 1 aromatic carbocycles. The number of carbonyl (C=O) groups is 1. The molecule has 0 spiro atoms. The van der Waals surface area contributed by atoms with Crippen LogP contribution in [-0.2, 0) is 11.2 Å². The molecule has 0 saturated carbocycles. The zero-order valence-corrected chi connectivity index (χ0v) is 9.79. The summed E-state index contributed by atoms with van der Waals surface area (Å²) in [4.78, 5) is 11.4. The van der Waals surface area contributed by atoms with E-state index in [9.17, 15) is 4.79 Å². The van der Waals surface area contributed by atoms with E-state index in [1.807, 2.05) is 18.2 Å². The molecule has 16 heavy (non-hydrogen) atoms. The molecule has 4 heteroatoms. The molecule has 0 bridgehead atoms. The number of carbonyl (C=O) groups excluding carboxylic acids is 1. The Kier molecular flexibility index (Phi) is 3.17. The number of aliphatic hydroxyl groups is 1. The minimum atomic E-state index is -0.969. The molecule has 1 aliphatic rings. The van der Waals surface area contributed by atoms with Crippen molar-refractivity contribution in [3.63, 3.8) is 0 Å². The minimum absolute atomic E-state index is 0.0178. The van der Waals surface area contributed by atoms with E-state index in [1.165, 1.54) is 6.92 Å². The molecule has 0 fully saturated rings. The molecule has 1 amide bonds. The Balaban J connectivity index is 2.18. The number of amides is 1. The van der Waals surface area contributed by atoms with E-state index < -0.39 is 6.10 Å². The van der Waals surface area contributed by atoms with Crippen molar-refractivity contribution < 1.29 is 9.90 Å². The maximum Gasteiger partial charge on any atom is 0.249 e. The van der Waals surface area contributed by atoms with Gasteiger partial charge in [0, 0.05) is 5.02 Å². The molecule has 2 rings (SSSR count). The van der Waals surface area contributed by atoms with E-state index in [-0.39, 0.29) is 11.9 Å². The second-order valence-electron chi connectivity index (χ2n) is 4.08. The Hall–Kier alpha value is -1.06. The van der Waals surface area contributed by atoms with Crippen LogP contribution in [0.4, 0.5) is 0 Å². The van der Waals surface area contributed by atoms with Crippen molar-refractivity contribution in [2.75, 3.05) is 0 Å². The fourth-order valence-electron chi connectivity index (χ4n) is 2.05. The first kappa shape index (κ1) is 11.4.